The highest BCUT2D eigenvalue weighted by atomic mass is 16.2. The number of carbonyl (C=O) groups is 1. The van der Waals surface area contributed by atoms with Crippen molar-refractivity contribution in [2.24, 2.45) is 5.92 Å². The first kappa shape index (κ1) is 15.6. The summed E-state index contributed by atoms with van der Waals surface area (Å²) in [6.45, 7) is 4.24. The first-order valence-electron chi connectivity index (χ1n) is 7.61. The van der Waals surface area contributed by atoms with Gasteiger partial charge >= 0.3 is 0 Å². The summed E-state index contributed by atoms with van der Waals surface area (Å²) in [6, 6.07) is 6.01. The molecule has 0 radical (unpaired) electrons. The van der Waals surface area contributed by atoms with E-state index >= 15 is 0 Å². The van der Waals surface area contributed by atoms with Crippen molar-refractivity contribution in [1.29, 1.82) is 0 Å². The largest absolute Gasteiger partial charge is 0.395 e. The monoisotopic (exact) mass is 285 g/mol. The zero-order chi connectivity index (χ0) is 15.2. The molecule has 1 aliphatic carbocycles. The number of hydrogen-bond acceptors (Lipinski definition) is 2. The quantitative estimate of drug-likeness (QED) is 0.839. The third kappa shape index (κ3) is 4.34. The third-order valence-electron chi connectivity index (χ3n) is 3.91. The highest BCUT2D eigenvalue weighted by Gasteiger charge is 2.23. The summed E-state index contributed by atoms with van der Waals surface area (Å²) in [5.74, 6) is 6.53. The number of amides is 1. The molecule has 0 heterocycles. The fraction of sp³-hybridized carbons (Fsp3) is 0.500. The molecule has 0 aliphatic heterocycles. The second-order valence-electron chi connectivity index (χ2n) is 5.91. The lowest BCUT2D eigenvalue weighted by molar-refractivity contribution is 0.0937. The Labute approximate surface area is 126 Å². The van der Waals surface area contributed by atoms with Crippen molar-refractivity contribution in [2.45, 2.75) is 45.6 Å². The number of aliphatic hydroxyl groups excluding tert-OH is 1. The van der Waals surface area contributed by atoms with Gasteiger partial charge in [0.1, 0.15) is 0 Å². The summed E-state index contributed by atoms with van der Waals surface area (Å²) in [5, 5.41) is 11.9. The minimum Gasteiger partial charge on any atom is -0.395 e. The van der Waals surface area contributed by atoms with Gasteiger partial charge in [-0.2, -0.15) is 0 Å². The van der Waals surface area contributed by atoms with E-state index in [0.717, 1.165) is 24.0 Å². The predicted octanol–water partition coefficient (Wildman–Crippen LogP) is 2.65. The van der Waals surface area contributed by atoms with Gasteiger partial charge in [0.25, 0.3) is 5.91 Å². The summed E-state index contributed by atoms with van der Waals surface area (Å²) in [5.41, 5.74) is 2.42. The number of hydrogen-bond donors (Lipinski definition) is 2. The summed E-state index contributed by atoms with van der Waals surface area (Å²) in [6.07, 6.45) is 3.73. The Morgan fingerprint density at radius 3 is 2.90 bits per heavy atom. The van der Waals surface area contributed by atoms with Crippen LogP contribution in [-0.2, 0) is 0 Å². The van der Waals surface area contributed by atoms with E-state index in [9.17, 15) is 4.79 Å². The molecule has 1 aliphatic rings. The standard InChI is InChI=1S/C18H23NO2/c1-13-7-9-16(11-13)19-18(21)17-12-14(2)6-8-15(17)5-3-4-10-20/h6,8,12-13,16,20H,4,7,9-11H2,1-2H3,(H,19,21). The Morgan fingerprint density at radius 1 is 1.43 bits per heavy atom. The smallest absolute Gasteiger partial charge is 0.252 e. The van der Waals surface area contributed by atoms with Crippen LogP contribution in [-0.4, -0.2) is 23.7 Å². The first-order chi connectivity index (χ1) is 10.1. The van der Waals surface area contributed by atoms with E-state index in [4.69, 9.17) is 5.11 Å². The Bertz CT molecular complexity index is 568. The maximum absolute atomic E-state index is 12.5. The van der Waals surface area contributed by atoms with Gasteiger partial charge in [0, 0.05) is 18.0 Å². The van der Waals surface area contributed by atoms with Gasteiger partial charge < -0.3 is 10.4 Å². The molecule has 112 valence electrons. The molecule has 2 unspecified atom stereocenters. The summed E-state index contributed by atoms with van der Waals surface area (Å²) >= 11 is 0. The molecule has 21 heavy (non-hydrogen) atoms. The summed E-state index contributed by atoms with van der Waals surface area (Å²) in [7, 11) is 0. The number of benzene rings is 1. The molecule has 0 spiro atoms. The van der Waals surface area contributed by atoms with Crippen LogP contribution in [0.25, 0.3) is 0 Å². The fourth-order valence-electron chi connectivity index (χ4n) is 2.77. The van der Waals surface area contributed by atoms with Crippen LogP contribution in [0.4, 0.5) is 0 Å². The van der Waals surface area contributed by atoms with Crippen molar-refractivity contribution < 1.29 is 9.90 Å². The highest BCUT2D eigenvalue weighted by molar-refractivity contribution is 5.97. The van der Waals surface area contributed by atoms with Crippen LogP contribution in [0, 0.1) is 24.7 Å². The van der Waals surface area contributed by atoms with Crippen LogP contribution in [0.1, 0.15) is 54.1 Å². The number of rotatable bonds is 3. The second kappa shape index (κ2) is 7.28. The summed E-state index contributed by atoms with van der Waals surface area (Å²) < 4.78 is 0. The van der Waals surface area contributed by atoms with E-state index < -0.39 is 0 Å². The van der Waals surface area contributed by atoms with E-state index in [2.05, 4.69) is 24.1 Å². The average molecular weight is 285 g/mol. The molecule has 0 aromatic heterocycles. The third-order valence-corrected chi connectivity index (χ3v) is 3.91. The van der Waals surface area contributed by atoms with Crippen LogP contribution in [0.3, 0.4) is 0 Å². The van der Waals surface area contributed by atoms with Crippen LogP contribution in [0.15, 0.2) is 18.2 Å². The Hall–Kier alpha value is -1.79. The molecular formula is C18H23NO2. The maximum atomic E-state index is 12.5. The number of aryl methyl sites for hydroxylation is 1. The molecule has 2 rings (SSSR count). The lowest BCUT2D eigenvalue weighted by Gasteiger charge is -2.14. The molecule has 1 saturated carbocycles. The molecule has 2 N–H and O–H groups in total. The van der Waals surface area contributed by atoms with Gasteiger partial charge in [-0.15, -0.1) is 0 Å². The zero-order valence-electron chi connectivity index (χ0n) is 12.8. The number of carbonyl (C=O) groups excluding carboxylic acids is 1. The predicted molar refractivity (Wildman–Crippen MR) is 84.0 cm³/mol. The van der Waals surface area contributed by atoms with E-state index in [1.54, 1.807) is 0 Å². The number of aliphatic hydroxyl groups is 1. The van der Waals surface area contributed by atoms with Gasteiger partial charge in [-0.05, 0) is 44.2 Å². The fourth-order valence-corrected chi connectivity index (χ4v) is 2.77. The maximum Gasteiger partial charge on any atom is 0.252 e. The van der Waals surface area contributed by atoms with E-state index in [1.807, 2.05) is 25.1 Å². The van der Waals surface area contributed by atoms with Crippen LogP contribution in [0.5, 0.6) is 0 Å². The molecule has 1 amide bonds. The minimum absolute atomic E-state index is 0.0360. The van der Waals surface area contributed by atoms with Gasteiger partial charge in [-0.3, -0.25) is 4.79 Å². The Kier molecular flexibility index (Phi) is 5.41. The Balaban J connectivity index is 2.15. The molecule has 1 aromatic rings. The normalized spacial score (nSPS) is 20.7. The van der Waals surface area contributed by atoms with Crippen molar-refractivity contribution in [2.75, 3.05) is 6.61 Å². The lowest BCUT2D eigenvalue weighted by atomic mass is 10.0. The first-order valence-corrected chi connectivity index (χ1v) is 7.61. The van der Waals surface area contributed by atoms with Gasteiger partial charge in [0.05, 0.1) is 12.2 Å². The van der Waals surface area contributed by atoms with Crippen LogP contribution in [0.2, 0.25) is 0 Å². The average Bonchev–Trinajstić information content (AvgIpc) is 2.86. The molecule has 3 nitrogen and oxygen atoms in total. The van der Waals surface area contributed by atoms with E-state index in [1.165, 1.54) is 6.42 Å². The lowest BCUT2D eigenvalue weighted by Crippen LogP contribution is -2.33. The molecule has 3 heteroatoms. The van der Waals surface area contributed by atoms with Gasteiger partial charge in [-0.25, -0.2) is 0 Å². The SMILES string of the molecule is Cc1ccc(C#CCCO)c(C(=O)NC2CCC(C)C2)c1. The molecule has 1 aromatic carbocycles. The van der Waals surface area contributed by atoms with Crippen molar-refractivity contribution in [1.82, 2.24) is 5.32 Å². The van der Waals surface area contributed by atoms with Crippen LogP contribution >= 0.6 is 0 Å². The summed E-state index contributed by atoms with van der Waals surface area (Å²) in [4.78, 5) is 12.5. The molecular weight excluding hydrogens is 262 g/mol. The molecule has 0 bridgehead atoms. The van der Waals surface area contributed by atoms with Gasteiger partial charge in [0.2, 0.25) is 0 Å². The topological polar surface area (TPSA) is 49.3 Å². The van der Waals surface area contributed by atoms with E-state index in [0.29, 0.717) is 17.9 Å². The highest BCUT2D eigenvalue weighted by Crippen LogP contribution is 2.25. The van der Waals surface area contributed by atoms with Crippen LogP contribution < -0.4 is 5.32 Å². The Morgan fingerprint density at radius 2 is 2.24 bits per heavy atom. The van der Waals surface area contributed by atoms with Gasteiger partial charge in [0.15, 0.2) is 0 Å². The zero-order valence-corrected chi connectivity index (χ0v) is 12.8. The van der Waals surface area contributed by atoms with Gasteiger partial charge in [-0.1, -0.05) is 30.4 Å². The molecule has 0 saturated heterocycles. The number of nitrogens with one attached hydrogen (secondary N) is 1. The molecule has 1 fully saturated rings. The second-order valence-corrected chi connectivity index (χ2v) is 5.91. The van der Waals surface area contributed by atoms with E-state index in [-0.39, 0.29) is 18.6 Å². The molecule has 2 atom stereocenters. The minimum atomic E-state index is -0.0360. The van der Waals surface area contributed by atoms with Crippen molar-refractivity contribution in [3.63, 3.8) is 0 Å². The van der Waals surface area contributed by atoms with Crippen molar-refractivity contribution >= 4 is 5.91 Å². The van der Waals surface area contributed by atoms with Crippen molar-refractivity contribution in [3.05, 3.63) is 34.9 Å². The van der Waals surface area contributed by atoms with Crippen molar-refractivity contribution in [3.8, 4) is 11.8 Å².